The Kier molecular flexibility index (Phi) is 7.50. The molecule has 8 heteroatoms. The van der Waals surface area contributed by atoms with E-state index in [4.69, 9.17) is 9.47 Å². The number of nitrogens with one attached hydrogen (secondary N) is 1. The molecule has 2 aromatic rings. The number of methoxy groups -OCH3 is 2. The molecule has 0 aliphatic carbocycles. The number of benzene rings is 2. The number of amides is 1. The Labute approximate surface area is 172 Å². The molecule has 1 amide bonds. The number of ether oxygens (including phenoxy) is 2. The molecule has 0 fully saturated rings. The first-order valence-electron chi connectivity index (χ1n) is 9.29. The molecule has 1 N–H and O–H groups in total. The molecule has 0 saturated carbocycles. The van der Waals surface area contributed by atoms with Crippen LogP contribution in [0.2, 0.25) is 0 Å². The van der Waals surface area contributed by atoms with E-state index in [-0.39, 0.29) is 11.9 Å². The van der Waals surface area contributed by atoms with Crippen molar-refractivity contribution in [3.05, 3.63) is 54.1 Å². The molecule has 0 bridgehead atoms. The number of para-hydroxylation sites is 1. The van der Waals surface area contributed by atoms with E-state index in [0.717, 1.165) is 16.1 Å². The van der Waals surface area contributed by atoms with Crippen LogP contribution >= 0.6 is 0 Å². The van der Waals surface area contributed by atoms with Gasteiger partial charge in [0, 0.05) is 5.56 Å². The second-order valence-electron chi connectivity index (χ2n) is 6.65. The molecular formula is C21H28N2O5S. The molecule has 158 valence electrons. The van der Waals surface area contributed by atoms with E-state index in [1.807, 2.05) is 31.2 Å². The first kappa shape index (κ1) is 22.5. The number of hydrogen-bond donors (Lipinski definition) is 1. The Hall–Kier alpha value is -2.74. The van der Waals surface area contributed by atoms with Gasteiger partial charge < -0.3 is 14.8 Å². The quantitative estimate of drug-likeness (QED) is 0.674. The zero-order chi connectivity index (χ0) is 21.6. The zero-order valence-electron chi connectivity index (χ0n) is 17.4. The number of sulfonamides is 1. The van der Waals surface area contributed by atoms with Crippen molar-refractivity contribution in [2.75, 3.05) is 24.8 Å². The molecule has 0 unspecified atom stereocenters. The van der Waals surface area contributed by atoms with Crippen molar-refractivity contribution in [2.45, 2.75) is 32.4 Å². The Morgan fingerprint density at radius 2 is 1.69 bits per heavy atom. The van der Waals surface area contributed by atoms with Crippen LogP contribution in [0, 0.1) is 0 Å². The maximum absolute atomic E-state index is 13.1. The fourth-order valence-electron chi connectivity index (χ4n) is 3.20. The van der Waals surface area contributed by atoms with Gasteiger partial charge >= 0.3 is 0 Å². The number of anilines is 1. The SMILES string of the molecule is CC[C@H](C(=O)N[C@@H](C)c1ccccc1OC)N(c1ccc(OC)cc1)S(C)(=O)=O. The van der Waals surface area contributed by atoms with E-state index in [9.17, 15) is 13.2 Å². The monoisotopic (exact) mass is 420 g/mol. The van der Waals surface area contributed by atoms with Gasteiger partial charge in [-0.2, -0.15) is 0 Å². The first-order valence-corrected chi connectivity index (χ1v) is 11.1. The minimum absolute atomic E-state index is 0.309. The van der Waals surface area contributed by atoms with Crippen LogP contribution in [0.3, 0.4) is 0 Å². The van der Waals surface area contributed by atoms with Crippen LogP contribution in [0.25, 0.3) is 0 Å². The average Bonchev–Trinajstić information content (AvgIpc) is 2.70. The molecule has 29 heavy (non-hydrogen) atoms. The predicted molar refractivity (Wildman–Crippen MR) is 114 cm³/mol. The van der Waals surface area contributed by atoms with Crippen molar-refractivity contribution in [1.29, 1.82) is 0 Å². The molecule has 0 saturated heterocycles. The van der Waals surface area contributed by atoms with Crippen molar-refractivity contribution in [1.82, 2.24) is 5.32 Å². The van der Waals surface area contributed by atoms with Crippen LogP contribution in [0.15, 0.2) is 48.5 Å². The second kappa shape index (κ2) is 9.65. The summed E-state index contributed by atoms with van der Waals surface area (Å²) in [6.07, 6.45) is 1.40. The highest BCUT2D eigenvalue weighted by molar-refractivity contribution is 7.92. The number of carbonyl (C=O) groups is 1. The predicted octanol–water partition coefficient (Wildman–Crippen LogP) is 3.13. The highest BCUT2D eigenvalue weighted by Crippen LogP contribution is 2.27. The highest BCUT2D eigenvalue weighted by atomic mass is 32.2. The molecule has 2 rings (SSSR count). The summed E-state index contributed by atoms with van der Waals surface area (Å²) < 4.78 is 36.7. The smallest absolute Gasteiger partial charge is 0.244 e. The lowest BCUT2D eigenvalue weighted by atomic mass is 10.1. The number of rotatable bonds is 9. The molecule has 7 nitrogen and oxygen atoms in total. The highest BCUT2D eigenvalue weighted by Gasteiger charge is 2.32. The lowest BCUT2D eigenvalue weighted by Crippen LogP contribution is -2.49. The number of hydrogen-bond acceptors (Lipinski definition) is 5. The van der Waals surface area contributed by atoms with Crippen LogP contribution in [0.1, 0.15) is 31.9 Å². The molecule has 2 aromatic carbocycles. The van der Waals surface area contributed by atoms with Crippen molar-refractivity contribution in [2.24, 2.45) is 0 Å². The zero-order valence-corrected chi connectivity index (χ0v) is 18.2. The molecule has 0 aliphatic heterocycles. The standard InChI is InChI=1S/C21H28N2O5S/c1-6-19(21(24)22-15(2)18-9-7-8-10-20(18)28-4)23(29(5,25)26)16-11-13-17(27-3)14-12-16/h7-15,19H,6H2,1-5H3,(H,22,24)/t15-,19+/m0/s1. The van der Waals surface area contributed by atoms with Crippen LogP contribution in [-0.4, -0.2) is 40.8 Å². The van der Waals surface area contributed by atoms with Crippen LogP contribution in [0.4, 0.5) is 5.69 Å². The van der Waals surface area contributed by atoms with Crippen LogP contribution in [-0.2, 0) is 14.8 Å². The van der Waals surface area contributed by atoms with Gasteiger partial charge in [0.05, 0.1) is 32.2 Å². The summed E-state index contributed by atoms with van der Waals surface area (Å²) in [6.45, 7) is 3.61. The molecular weight excluding hydrogens is 392 g/mol. The summed E-state index contributed by atoms with van der Waals surface area (Å²) in [5, 5.41) is 2.92. The Balaban J connectivity index is 2.32. The Bertz CT molecular complexity index is 928. The third-order valence-corrected chi connectivity index (χ3v) is 5.80. The minimum atomic E-state index is -3.70. The number of carbonyl (C=O) groups excluding carboxylic acids is 1. The third kappa shape index (κ3) is 5.41. The molecule has 0 radical (unpaired) electrons. The van der Waals surface area contributed by atoms with Crippen molar-refractivity contribution < 1.29 is 22.7 Å². The third-order valence-electron chi connectivity index (χ3n) is 4.62. The minimum Gasteiger partial charge on any atom is -0.497 e. The summed E-state index contributed by atoms with van der Waals surface area (Å²) in [7, 11) is -0.601. The van der Waals surface area contributed by atoms with Crippen molar-refractivity contribution in [3.8, 4) is 11.5 Å². The maximum atomic E-state index is 13.1. The van der Waals surface area contributed by atoms with Gasteiger partial charge in [-0.25, -0.2) is 8.42 Å². The summed E-state index contributed by atoms with van der Waals surface area (Å²) >= 11 is 0. The van der Waals surface area contributed by atoms with E-state index in [1.54, 1.807) is 38.3 Å². The van der Waals surface area contributed by atoms with Gasteiger partial charge in [0.1, 0.15) is 17.5 Å². The fourth-order valence-corrected chi connectivity index (χ4v) is 4.41. The van der Waals surface area contributed by atoms with Crippen LogP contribution in [0.5, 0.6) is 11.5 Å². The van der Waals surface area contributed by atoms with Gasteiger partial charge in [0.25, 0.3) is 0 Å². The summed E-state index contributed by atoms with van der Waals surface area (Å²) in [5.41, 5.74) is 1.22. The maximum Gasteiger partial charge on any atom is 0.244 e. The molecule has 0 heterocycles. The Morgan fingerprint density at radius 1 is 1.07 bits per heavy atom. The lowest BCUT2D eigenvalue weighted by molar-refractivity contribution is -0.122. The van der Waals surface area contributed by atoms with E-state index in [2.05, 4.69) is 5.32 Å². The lowest BCUT2D eigenvalue weighted by Gasteiger charge is -2.31. The van der Waals surface area contributed by atoms with Crippen molar-refractivity contribution in [3.63, 3.8) is 0 Å². The van der Waals surface area contributed by atoms with E-state index >= 15 is 0 Å². The first-order chi connectivity index (χ1) is 13.7. The van der Waals surface area contributed by atoms with Crippen molar-refractivity contribution >= 4 is 21.6 Å². The largest absolute Gasteiger partial charge is 0.497 e. The molecule has 0 spiro atoms. The van der Waals surface area contributed by atoms with Gasteiger partial charge in [-0.1, -0.05) is 25.1 Å². The van der Waals surface area contributed by atoms with E-state index in [1.165, 1.54) is 7.11 Å². The summed E-state index contributed by atoms with van der Waals surface area (Å²) in [5.74, 6) is 0.875. The second-order valence-corrected chi connectivity index (χ2v) is 8.51. The number of nitrogens with zero attached hydrogens (tertiary/aromatic N) is 1. The molecule has 0 aliphatic rings. The van der Waals surface area contributed by atoms with E-state index < -0.39 is 16.1 Å². The topological polar surface area (TPSA) is 84.9 Å². The van der Waals surface area contributed by atoms with Gasteiger partial charge in [-0.15, -0.1) is 0 Å². The fraction of sp³-hybridized carbons (Fsp3) is 0.381. The molecule has 0 aromatic heterocycles. The van der Waals surface area contributed by atoms with E-state index in [0.29, 0.717) is 23.6 Å². The van der Waals surface area contributed by atoms with Gasteiger partial charge in [-0.3, -0.25) is 9.10 Å². The Morgan fingerprint density at radius 3 is 2.21 bits per heavy atom. The van der Waals surface area contributed by atoms with Gasteiger partial charge in [0.15, 0.2) is 0 Å². The summed E-state index contributed by atoms with van der Waals surface area (Å²) in [6, 6.07) is 12.7. The molecule has 2 atom stereocenters. The normalized spacial score (nSPS) is 13.3. The average molecular weight is 421 g/mol. The summed E-state index contributed by atoms with van der Waals surface area (Å²) in [4.78, 5) is 13.1. The van der Waals surface area contributed by atoms with Gasteiger partial charge in [-0.05, 0) is 43.7 Å². The van der Waals surface area contributed by atoms with Gasteiger partial charge in [0.2, 0.25) is 15.9 Å². The van der Waals surface area contributed by atoms with Crippen LogP contribution < -0.4 is 19.1 Å².